The monoisotopic (exact) mass is 259 g/mol. The van der Waals surface area contributed by atoms with Crippen molar-refractivity contribution < 1.29 is 13.9 Å². The van der Waals surface area contributed by atoms with E-state index in [1.807, 2.05) is 6.07 Å². The van der Waals surface area contributed by atoms with Crippen LogP contribution in [0.25, 0.3) is 0 Å². The molecule has 0 radical (unpaired) electrons. The lowest BCUT2D eigenvalue weighted by molar-refractivity contribution is 0.175. The van der Waals surface area contributed by atoms with E-state index >= 15 is 0 Å². The summed E-state index contributed by atoms with van der Waals surface area (Å²) in [5.74, 6) is -1.37. The zero-order valence-corrected chi connectivity index (χ0v) is 9.98. The topological polar surface area (TPSA) is 44.0 Å². The van der Waals surface area contributed by atoms with Crippen molar-refractivity contribution >= 4 is 0 Å². The summed E-state index contributed by atoms with van der Waals surface area (Å²) in [6.07, 6.45) is -1.23. The molecule has 0 amide bonds. The fourth-order valence-electron chi connectivity index (χ4n) is 1.85. The number of benzene rings is 2. The summed E-state index contributed by atoms with van der Waals surface area (Å²) in [5, 5.41) is 18.8. The van der Waals surface area contributed by atoms with Crippen molar-refractivity contribution in [1.29, 1.82) is 5.26 Å². The zero-order chi connectivity index (χ0) is 13.8. The highest BCUT2D eigenvalue weighted by Gasteiger charge is 2.15. The second kappa shape index (κ2) is 5.59. The number of hydrogen-bond donors (Lipinski definition) is 1. The summed E-state index contributed by atoms with van der Waals surface area (Å²) in [6.45, 7) is 0. The maximum absolute atomic E-state index is 13.5. The van der Waals surface area contributed by atoms with E-state index in [-0.39, 0.29) is 12.0 Å². The van der Waals surface area contributed by atoms with Crippen LogP contribution in [0.3, 0.4) is 0 Å². The van der Waals surface area contributed by atoms with E-state index in [4.69, 9.17) is 5.26 Å². The SMILES string of the molecule is N#Cc1cccc(C(O)Cc2c(F)cccc2F)c1. The Bertz CT molecular complexity index is 614. The average Bonchev–Trinajstić information content (AvgIpc) is 2.43. The van der Waals surface area contributed by atoms with Gasteiger partial charge < -0.3 is 5.11 Å². The zero-order valence-electron chi connectivity index (χ0n) is 9.98. The third kappa shape index (κ3) is 2.95. The molecule has 0 aliphatic carbocycles. The van der Waals surface area contributed by atoms with Crippen LogP contribution in [0.5, 0.6) is 0 Å². The van der Waals surface area contributed by atoms with Gasteiger partial charge >= 0.3 is 0 Å². The molecule has 2 aromatic carbocycles. The van der Waals surface area contributed by atoms with Gasteiger partial charge in [-0.05, 0) is 29.8 Å². The van der Waals surface area contributed by atoms with Crippen LogP contribution in [-0.2, 0) is 6.42 Å². The first-order valence-electron chi connectivity index (χ1n) is 5.73. The van der Waals surface area contributed by atoms with Crippen LogP contribution in [0, 0.1) is 23.0 Å². The highest BCUT2D eigenvalue weighted by Crippen LogP contribution is 2.22. The van der Waals surface area contributed by atoms with Crippen LogP contribution in [0.2, 0.25) is 0 Å². The van der Waals surface area contributed by atoms with Crippen molar-refractivity contribution in [3.8, 4) is 6.07 Å². The molecule has 1 unspecified atom stereocenters. The number of aliphatic hydroxyl groups excluding tert-OH is 1. The highest BCUT2D eigenvalue weighted by atomic mass is 19.1. The summed E-state index contributed by atoms with van der Waals surface area (Å²) in [5.41, 5.74) is 0.699. The number of halogens is 2. The van der Waals surface area contributed by atoms with Crippen LogP contribution in [0.15, 0.2) is 42.5 Å². The second-order valence-electron chi connectivity index (χ2n) is 4.16. The van der Waals surface area contributed by atoms with E-state index in [1.165, 1.54) is 12.1 Å². The fourth-order valence-corrected chi connectivity index (χ4v) is 1.85. The van der Waals surface area contributed by atoms with Crippen molar-refractivity contribution in [3.05, 3.63) is 70.8 Å². The Labute approximate surface area is 109 Å². The van der Waals surface area contributed by atoms with Crippen LogP contribution >= 0.6 is 0 Å². The predicted octanol–water partition coefficient (Wildman–Crippen LogP) is 3.11. The molecule has 0 aliphatic heterocycles. The molecule has 0 fully saturated rings. The Morgan fingerprint density at radius 2 is 1.74 bits per heavy atom. The quantitative estimate of drug-likeness (QED) is 0.920. The molecule has 2 nitrogen and oxygen atoms in total. The van der Waals surface area contributed by atoms with Gasteiger partial charge in [-0.2, -0.15) is 5.26 Å². The number of aliphatic hydroxyl groups is 1. The average molecular weight is 259 g/mol. The fraction of sp³-hybridized carbons (Fsp3) is 0.133. The van der Waals surface area contributed by atoms with Gasteiger partial charge in [0.25, 0.3) is 0 Å². The highest BCUT2D eigenvalue weighted by molar-refractivity contribution is 5.34. The first-order valence-corrected chi connectivity index (χ1v) is 5.73. The molecule has 2 aromatic rings. The Hall–Kier alpha value is -2.25. The Kier molecular flexibility index (Phi) is 3.88. The third-order valence-electron chi connectivity index (χ3n) is 2.86. The summed E-state index contributed by atoms with van der Waals surface area (Å²) >= 11 is 0. The van der Waals surface area contributed by atoms with E-state index in [0.717, 1.165) is 12.1 Å². The molecule has 0 saturated carbocycles. The predicted molar refractivity (Wildman–Crippen MR) is 66.2 cm³/mol. The van der Waals surface area contributed by atoms with E-state index in [9.17, 15) is 13.9 Å². The van der Waals surface area contributed by atoms with Crippen molar-refractivity contribution in [2.75, 3.05) is 0 Å². The lowest BCUT2D eigenvalue weighted by Gasteiger charge is -2.12. The molecular formula is C15H11F2NO. The van der Waals surface area contributed by atoms with Crippen LogP contribution in [-0.4, -0.2) is 5.11 Å². The molecule has 4 heteroatoms. The number of rotatable bonds is 3. The molecule has 0 saturated heterocycles. The third-order valence-corrected chi connectivity index (χ3v) is 2.86. The number of nitrogens with zero attached hydrogens (tertiary/aromatic N) is 1. The van der Waals surface area contributed by atoms with E-state index in [0.29, 0.717) is 11.1 Å². The molecule has 96 valence electrons. The molecule has 0 spiro atoms. The molecule has 19 heavy (non-hydrogen) atoms. The molecule has 1 N–H and O–H groups in total. The largest absolute Gasteiger partial charge is 0.388 e. The minimum atomic E-state index is -1.06. The van der Waals surface area contributed by atoms with Gasteiger partial charge in [-0.1, -0.05) is 18.2 Å². The smallest absolute Gasteiger partial charge is 0.129 e. The standard InChI is InChI=1S/C15H11F2NO/c16-13-5-2-6-14(17)12(13)8-15(19)11-4-1-3-10(7-11)9-18/h1-7,15,19H,8H2. The lowest BCUT2D eigenvalue weighted by atomic mass is 9.99. The molecule has 2 rings (SSSR count). The number of nitriles is 1. The normalized spacial score (nSPS) is 11.9. The molecule has 1 atom stereocenters. The minimum absolute atomic E-state index is 0.155. The van der Waals surface area contributed by atoms with Gasteiger partial charge in [0.1, 0.15) is 11.6 Å². The molecule has 0 bridgehead atoms. The Morgan fingerprint density at radius 1 is 1.11 bits per heavy atom. The van der Waals surface area contributed by atoms with Gasteiger partial charge in [-0.25, -0.2) is 8.78 Å². The van der Waals surface area contributed by atoms with Gasteiger partial charge in [-0.15, -0.1) is 0 Å². The summed E-state index contributed by atoms with van der Waals surface area (Å²) < 4.78 is 26.9. The van der Waals surface area contributed by atoms with Gasteiger partial charge in [0.15, 0.2) is 0 Å². The van der Waals surface area contributed by atoms with Crippen molar-refractivity contribution in [1.82, 2.24) is 0 Å². The van der Waals surface area contributed by atoms with Gasteiger partial charge in [-0.3, -0.25) is 0 Å². The second-order valence-corrected chi connectivity index (χ2v) is 4.16. The molecule has 0 aliphatic rings. The van der Waals surface area contributed by atoms with Crippen molar-refractivity contribution in [3.63, 3.8) is 0 Å². The van der Waals surface area contributed by atoms with Crippen molar-refractivity contribution in [2.24, 2.45) is 0 Å². The maximum atomic E-state index is 13.5. The number of hydrogen-bond acceptors (Lipinski definition) is 2. The Balaban J connectivity index is 2.26. The maximum Gasteiger partial charge on any atom is 0.129 e. The molecular weight excluding hydrogens is 248 g/mol. The van der Waals surface area contributed by atoms with Crippen LogP contribution < -0.4 is 0 Å². The van der Waals surface area contributed by atoms with Gasteiger partial charge in [0.2, 0.25) is 0 Å². The van der Waals surface area contributed by atoms with Crippen molar-refractivity contribution in [2.45, 2.75) is 12.5 Å². The van der Waals surface area contributed by atoms with E-state index < -0.39 is 17.7 Å². The first-order chi connectivity index (χ1) is 9.11. The van der Waals surface area contributed by atoms with Crippen LogP contribution in [0.4, 0.5) is 8.78 Å². The minimum Gasteiger partial charge on any atom is -0.388 e. The Morgan fingerprint density at radius 3 is 2.37 bits per heavy atom. The van der Waals surface area contributed by atoms with Gasteiger partial charge in [0.05, 0.1) is 17.7 Å². The first kappa shape index (κ1) is 13.2. The summed E-state index contributed by atoms with van der Waals surface area (Å²) in [4.78, 5) is 0. The molecule has 0 heterocycles. The summed E-state index contributed by atoms with van der Waals surface area (Å²) in [6, 6.07) is 11.9. The molecule has 0 aromatic heterocycles. The van der Waals surface area contributed by atoms with E-state index in [2.05, 4.69) is 0 Å². The van der Waals surface area contributed by atoms with Gasteiger partial charge in [0, 0.05) is 12.0 Å². The van der Waals surface area contributed by atoms with Crippen LogP contribution in [0.1, 0.15) is 22.8 Å². The lowest BCUT2D eigenvalue weighted by Crippen LogP contribution is -2.06. The van der Waals surface area contributed by atoms with E-state index in [1.54, 1.807) is 18.2 Å². The summed E-state index contributed by atoms with van der Waals surface area (Å²) in [7, 11) is 0.